The molecule has 1 N–H and O–H groups in total. The van der Waals surface area contributed by atoms with Crippen LogP contribution in [0, 0.1) is 0 Å². The van der Waals surface area contributed by atoms with E-state index in [9.17, 15) is 13.2 Å². The molecule has 0 aliphatic heterocycles. The number of sulfonamides is 1. The van der Waals surface area contributed by atoms with Crippen LogP contribution < -0.4 is 23.8 Å². The van der Waals surface area contributed by atoms with E-state index in [-0.39, 0.29) is 12.6 Å². The van der Waals surface area contributed by atoms with Crippen molar-refractivity contribution in [2.45, 2.75) is 26.3 Å². The van der Waals surface area contributed by atoms with Crippen LogP contribution in [0.2, 0.25) is 0 Å². The van der Waals surface area contributed by atoms with Gasteiger partial charge in [0, 0.05) is 6.07 Å². The summed E-state index contributed by atoms with van der Waals surface area (Å²) in [7, 11) is -0.595. The molecule has 0 saturated carbocycles. The Balaban J connectivity index is 2.23. The molecular formula is C22H30N2O6S. The zero-order chi connectivity index (χ0) is 23.0. The number of ether oxygens (including phenoxy) is 3. The normalized spacial score (nSPS) is 12.0. The summed E-state index contributed by atoms with van der Waals surface area (Å²) in [6, 6.07) is 11.7. The highest BCUT2D eigenvalue weighted by molar-refractivity contribution is 7.92. The molecule has 0 bridgehead atoms. The largest absolute Gasteiger partial charge is 0.494 e. The highest BCUT2D eigenvalue weighted by Gasteiger charge is 2.23. The van der Waals surface area contributed by atoms with Crippen molar-refractivity contribution in [2.24, 2.45) is 0 Å². The van der Waals surface area contributed by atoms with Crippen LogP contribution in [0.15, 0.2) is 42.5 Å². The van der Waals surface area contributed by atoms with E-state index in [0.29, 0.717) is 36.0 Å². The Kier molecular flexibility index (Phi) is 8.56. The van der Waals surface area contributed by atoms with Crippen molar-refractivity contribution in [1.82, 2.24) is 5.32 Å². The van der Waals surface area contributed by atoms with Gasteiger partial charge in [0.25, 0.3) is 0 Å². The standard InChI is InChI=1S/C22H30N2O6S/c1-6-19(16-11-12-20(28-3)21(13-16)29-4)23-22(25)15-24(31(5,26)27)17-9-8-10-18(14-17)30-7-2/h8-14,19H,6-7,15H2,1-5H3,(H,23,25). The van der Waals surface area contributed by atoms with Crippen LogP contribution >= 0.6 is 0 Å². The molecule has 0 radical (unpaired) electrons. The Hall–Kier alpha value is -2.94. The molecule has 1 unspecified atom stereocenters. The van der Waals surface area contributed by atoms with Gasteiger partial charge in [-0.15, -0.1) is 0 Å². The van der Waals surface area contributed by atoms with E-state index in [1.165, 1.54) is 0 Å². The minimum atomic E-state index is -3.69. The first kappa shape index (κ1) is 24.3. The first-order valence-corrected chi connectivity index (χ1v) is 11.8. The Labute approximate surface area is 184 Å². The van der Waals surface area contributed by atoms with Gasteiger partial charge in [-0.05, 0) is 43.2 Å². The molecule has 2 aromatic rings. The van der Waals surface area contributed by atoms with Crippen LogP contribution in [0.25, 0.3) is 0 Å². The summed E-state index contributed by atoms with van der Waals surface area (Å²) in [6.07, 6.45) is 1.68. The molecule has 1 atom stereocenters. The number of hydrogen-bond donors (Lipinski definition) is 1. The topological polar surface area (TPSA) is 94.2 Å². The summed E-state index contributed by atoms with van der Waals surface area (Å²) in [5.74, 6) is 1.25. The monoisotopic (exact) mass is 450 g/mol. The van der Waals surface area contributed by atoms with Crippen molar-refractivity contribution >= 4 is 21.6 Å². The fraction of sp³-hybridized carbons (Fsp3) is 0.409. The van der Waals surface area contributed by atoms with E-state index in [0.717, 1.165) is 16.1 Å². The number of benzene rings is 2. The van der Waals surface area contributed by atoms with E-state index in [2.05, 4.69) is 5.32 Å². The highest BCUT2D eigenvalue weighted by atomic mass is 32.2. The molecular weight excluding hydrogens is 420 g/mol. The first-order valence-electron chi connectivity index (χ1n) is 9.95. The molecule has 0 aliphatic rings. The molecule has 0 spiro atoms. The number of rotatable bonds is 11. The lowest BCUT2D eigenvalue weighted by molar-refractivity contribution is -0.120. The number of anilines is 1. The van der Waals surface area contributed by atoms with Gasteiger partial charge in [0.2, 0.25) is 15.9 Å². The lowest BCUT2D eigenvalue weighted by Crippen LogP contribution is -2.41. The molecule has 0 saturated heterocycles. The highest BCUT2D eigenvalue weighted by Crippen LogP contribution is 2.31. The SMILES string of the molecule is CCOc1cccc(N(CC(=O)NC(CC)c2ccc(OC)c(OC)c2)S(C)(=O)=O)c1. The van der Waals surface area contributed by atoms with Gasteiger partial charge in [-0.2, -0.15) is 0 Å². The maximum absolute atomic E-state index is 12.8. The number of nitrogens with zero attached hydrogens (tertiary/aromatic N) is 1. The number of nitrogens with one attached hydrogen (secondary N) is 1. The maximum Gasteiger partial charge on any atom is 0.241 e. The van der Waals surface area contributed by atoms with Crippen molar-refractivity contribution in [1.29, 1.82) is 0 Å². The second-order valence-electron chi connectivity index (χ2n) is 6.84. The molecule has 170 valence electrons. The summed E-state index contributed by atoms with van der Waals surface area (Å²) < 4.78 is 41.9. The molecule has 0 fully saturated rings. The van der Waals surface area contributed by atoms with Crippen molar-refractivity contribution in [3.8, 4) is 17.2 Å². The van der Waals surface area contributed by atoms with E-state index >= 15 is 0 Å². The van der Waals surface area contributed by atoms with Gasteiger partial charge in [0.1, 0.15) is 12.3 Å². The van der Waals surface area contributed by atoms with Gasteiger partial charge >= 0.3 is 0 Å². The van der Waals surface area contributed by atoms with Gasteiger partial charge in [-0.25, -0.2) is 8.42 Å². The average molecular weight is 451 g/mol. The van der Waals surface area contributed by atoms with E-state index in [1.807, 2.05) is 19.9 Å². The fourth-order valence-electron chi connectivity index (χ4n) is 3.16. The molecule has 9 heteroatoms. The minimum absolute atomic E-state index is 0.316. The summed E-state index contributed by atoms with van der Waals surface area (Å²) in [5.41, 5.74) is 1.19. The van der Waals surface area contributed by atoms with Crippen molar-refractivity contribution in [3.63, 3.8) is 0 Å². The average Bonchev–Trinajstić information content (AvgIpc) is 2.75. The summed E-state index contributed by atoms with van der Waals surface area (Å²) in [6.45, 7) is 3.87. The number of hydrogen-bond acceptors (Lipinski definition) is 6. The summed E-state index contributed by atoms with van der Waals surface area (Å²) in [4.78, 5) is 12.8. The second-order valence-corrected chi connectivity index (χ2v) is 8.75. The maximum atomic E-state index is 12.8. The molecule has 1 amide bonds. The molecule has 2 rings (SSSR count). The lowest BCUT2D eigenvalue weighted by Gasteiger charge is -2.24. The zero-order valence-corrected chi connectivity index (χ0v) is 19.4. The van der Waals surface area contributed by atoms with Crippen LogP contribution in [-0.4, -0.2) is 48.0 Å². The molecule has 0 heterocycles. The van der Waals surface area contributed by atoms with Crippen LogP contribution in [0.5, 0.6) is 17.2 Å². The number of carbonyl (C=O) groups excluding carboxylic acids is 1. The van der Waals surface area contributed by atoms with Gasteiger partial charge in [-0.1, -0.05) is 19.1 Å². The first-order chi connectivity index (χ1) is 14.7. The molecule has 8 nitrogen and oxygen atoms in total. The van der Waals surface area contributed by atoms with Crippen LogP contribution in [-0.2, 0) is 14.8 Å². The summed E-state index contributed by atoms with van der Waals surface area (Å²) >= 11 is 0. The third kappa shape index (κ3) is 6.52. The third-order valence-corrected chi connectivity index (χ3v) is 5.80. The quantitative estimate of drug-likeness (QED) is 0.565. The number of amides is 1. The number of methoxy groups -OCH3 is 2. The predicted octanol–water partition coefficient (Wildman–Crippen LogP) is 3.14. The Morgan fingerprint density at radius 3 is 2.35 bits per heavy atom. The molecule has 31 heavy (non-hydrogen) atoms. The fourth-order valence-corrected chi connectivity index (χ4v) is 4.00. The van der Waals surface area contributed by atoms with E-state index in [1.54, 1.807) is 50.6 Å². The zero-order valence-electron chi connectivity index (χ0n) is 18.5. The van der Waals surface area contributed by atoms with Crippen molar-refractivity contribution in [2.75, 3.05) is 37.9 Å². The smallest absolute Gasteiger partial charge is 0.241 e. The Bertz CT molecular complexity index is 993. The predicted molar refractivity (Wildman–Crippen MR) is 121 cm³/mol. The van der Waals surface area contributed by atoms with E-state index in [4.69, 9.17) is 14.2 Å². The van der Waals surface area contributed by atoms with Gasteiger partial charge in [-0.3, -0.25) is 9.10 Å². The number of carbonyl (C=O) groups is 1. The Morgan fingerprint density at radius 2 is 1.77 bits per heavy atom. The van der Waals surface area contributed by atoms with Crippen LogP contribution in [0.1, 0.15) is 31.9 Å². The Morgan fingerprint density at radius 1 is 1.06 bits per heavy atom. The van der Waals surface area contributed by atoms with Crippen molar-refractivity contribution < 1.29 is 27.4 Å². The van der Waals surface area contributed by atoms with Gasteiger partial charge in [0.15, 0.2) is 11.5 Å². The third-order valence-electron chi connectivity index (χ3n) is 4.66. The second kappa shape index (κ2) is 10.9. The van der Waals surface area contributed by atoms with E-state index < -0.39 is 15.9 Å². The molecule has 0 aromatic heterocycles. The minimum Gasteiger partial charge on any atom is -0.494 e. The molecule has 0 aliphatic carbocycles. The van der Waals surface area contributed by atoms with Gasteiger partial charge in [0.05, 0.1) is 38.8 Å². The lowest BCUT2D eigenvalue weighted by atomic mass is 10.0. The van der Waals surface area contributed by atoms with Crippen molar-refractivity contribution in [3.05, 3.63) is 48.0 Å². The molecule has 2 aromatic carbocycles. The van der Waals surface area contributed by atoms with Gasteiger partial charge < -0.3 is 19.5 Å². The van der Waals surface area contributed by atoms with Crippen LogP contribution in [0.3, 0.4) is 0 Å². The summed E-state index contributed by atoms with van der Waals surface area (Å²) in [5, 5.41) is 2.91. The van der Waals surface area contributed by atoms with Crippen LogP contribution in [0.4, 0.5) is 5.69 Å².